The Balaban J connectivity index is 1.66. The summed E-state index contributed by atoms with van der Waals surface area (Å²) in [7, 11) is 3.16. The maximum atomic E-state index is 12.3. The van der Waals surface area contributed by atoms with Gasteiger partial charge in [0.2, 0.25) is 5.91 Å². The predicted molar refractivity (Wildman–Crippen MR) is 113 cm³/mol. The van der Waals surface area contributed by atoms with Crippen LogP contribution in [0.5, 0.6) is 23.0 Å². The molecule has 1 N–H and O–H groups in total. The third kappa shape index (κ3) is 5.35. The van der Waals surface area contributed by atoms with Gasteiger partial charge in [-0.15, -0.1) is 0 Å². The summed E-state index contributed by atoms with van der Waals surface area (Å²) in [5.41, 5.74) is 2.35. The maximum Gasteiger partial charge on any atom is 0.248 e. The van der Waals surface area contributed by atoms with Crippen molar-refractivity contribution in [2.75, 3.05) is 19.5 Å². The number of aryl methyl sites for hydroxylation is 1. The lowest BCUT2D eigenvalue weighted by atomic mass is 10.1. The number of nitrogens with zero attached hydrogens (tertiary/aromatic N) is 1. The highest BCUT2D eigenvalue weighted by Crippen LogP contribution is 2.27. The molecule has 0 radical (unpaired) electrons. The highest BCUT2D eigenvalue weighted by molar-refractivity contribution is 6.02. The maximum absolute atomic E-state index is 12.3. The molecule has 29 heavy (non-hydrogen) atoms. The van der Waals surface area contributed by atoms with Gasteiger partial charge < -0.3 is 19.5 Å². The van der Waals surface area contributed by atoms with Crippen molar-refractivity contribution in [1.29, 1.82) is 0 Å². The fourth-order valence-electron chi connectivity index (χ4n) is 2.68. The van der Waals surface area contributed by atoms with Crippen LogP contribution in [0.15, 0.2) is 67.0 Å². The summed E-state index contributed by atoms with van der Waals surface area (Å²) in [6.45, 7) is 1.92. The van der Waals surface area contributed by atoms with Gasteiger partial charge in [0, 0.05) is 29.6 Å². The Morgan fingerprint density at radius 3 is 2.55 bits per heavy atom. The molecule has 6 heteroatoms. The summed E-state index contributed by atoms with van der Waals surface area (Å²) >= 11 is 0. The third-order valence-corrected chi connectivity index (χ3v) is 4.16. The lowest BCUT2D eigenvalue weighted by molar-refractivity contribution is -0.111. The predicted octanol–water partition coefficient (Wildman–Crippen LogP) is 4.85. The largest absolute Gasteiger partial charge is 0.497 e. The van der Waals surface area contributed by atoms with E-state index in [9.17, 15) is 4.79 Å². The number of anilines is 1. The molecular weight excluding hydrogens is 368 g/mol. The zero-order valence-corrected chi connectivity index (χ0v) is 16.5. The highest BCUT2D eigenvalue weighted by atomic mass is 16.5. The number of hydrogen-bond acceptors (Lipinski definition) is 5. The molecule has 2 aromatic carbocycles. The number of carbonyl (C=O) groups excluding carboxylic acids is 1. The van der Waals surface area contributed by atoms with E-state index in [-0.39, 0.29) is 5.91 Å². The Kier molecular flexibility index (Phi) is 6.47. The molecule has 0 saturated heterocycles. The van der Waals surface area contributed by atoms with E-state index < -0.39 is 0 Å². The summed E-state index contributed by atoms with van der Waals surface area (Å²) < 4.78 is 16.3. The Morgan fingerprint density at radius 1 is 1.00 bits per heavy atom. The van der Waals surface area contributed by atoms with Gasteiger partial charge in [0.1, 0.15) is 23.0 Å². The molecular formula is C23H22N2O4. The Bertz CT molecular complexity index is 1020. The number of ether oxygens (including phenoxy) is 3. The number of benzene rings is 2. The van der Waals surface area contributed by atoms with Crippen LogP contribution in [0.25, 0.3) is 6.08 Å². The van der Waals surface area contributed by atoms with Crippen molar-refractivity contribution < 1.29 is 19.0 Å². The minimum absolute atomic E-state index is 0.247. The van der Waals surface area contributed by atoms with E-state index in [2.05, 4.69) is 10.3 Å². The quantitative estimate of drug-likeness (QED) is 0.584. The van der Waals surface area contributed by atoms with E-state index in [1.807, 2.05) is 43.3 Å². The molecule has 0 saturated carbocycles. The molecule has 0 unspecified atom stereocenters. The van der Waals surface area contributed by atoms with Gasteiger partial charge in [0.05, 0.1) is 20.4 Å². The summed E-state index contributed by atoms with van der Waals surface area (Å²) in [5.74, 6) is 2.43. The molecule has 3 rings (SSSR count). The van der Waals surface area contributed by atoms with Gasteiger partial charge in [-0.1, -0.05) is 0 Å². The first kappa shape index (κ1) is 19.9. The van der Waals surface area contributed by atoms with Crippen LogP contribution >= 0.6 is 0 Å². The second-order valence-corrected chi connectivity index (χ2v) is 6.20. The minimum atomic E-state index is -0.247. The summed E-state index contributed by atoms with van der Waals surface area (Å²) in [6, 6.07) is 14.5. The van der Waals surface area contributed by atoms with Crippen molar-refractivity contribution in [1.82, 2.24) is 4.98 Å². The van der Waals surface area contributed by atoms with Crippen LogP contribution in [-0.4, -0.2) is 25.1 Å². The Hall–Kier alpha value is -3.80. The van der Waals surface area contributed by atoms with E-state index >= 15 is 0 Å². The van der Waals surface area contributed by atoms with Crippen LogP contribution in [0.4, 0.5) is 5.69 Å². The van der Waals surface area contributed by atoms with E-state index in [4.69, 9.17) is 14.2 Å². The first-order valence-electron chi connectivity index (χ1n) is 8.98. The standard InChI is InChI=1S/C23H22N2O4/c1-16-13-18(8-10-21(16)29-20-5-4-12-24-15-20)25-23(26)11-7-17-6-9-19(27-2)14-22(17)28-3/h4-15H,1-3H3,(H,25,26). The van der Waals surface area contributed by atoms with Gasteiger partial charge in [-0.25, -0.2) is 0 Å². The SMILES string of the molecule is COc1ccc(C=CC(=O)Nc2ccc(Oc3cccnc3)c(C)c2)c(OC)c1. The lowest BCUT2D eigenvalue weighted by Crippen LogP contribution is -2.08. The number of rotatable bonds is 7. The van der Waals surface area contributed by atoms with Gasteiger partial charge in [-0.3, -0.25) is 9.78 Å². The number of amides is 1. The van der Waals surface area contributed by atoms with E-state index in [1.165, 1.54) is 6.08 Å². The minimum Gasteiger partial charge on any atom is -0.497 e. The molecule has 0 bridgehead atoms. The molecule has 0 aliphatic carbocycles. The zero-order chi connectivity index (χ0) is 20.6. The number of pyridine rings is 1. The van der Waals surface area contributed by atoms with Crippen LogP contribution in [0, 0.1) is 6.92 Å². The molecule has 3 aromatic rings. The molecule has 1 heterocycles. The Morgan fingerprint density at radius 2 is 1.86 bits per heavy atom. The normalized spacial score (nSPS) is 10.6. The smallest absolute Gasteiger partial charge is 0.248 e. The monoisotopic (exact) mass is 390 g/mol. The highest BCUT2D eigenvalue weighted by Gasteiger charge is 2.06. The molecule has 0 fully saturated rings. The fourth-order valence-corrected chi connectivity index (χ4v) is 2.68. The van der Waals surface area contributed by atoms with Crippen LogP contribution in [0.1, 0.15) is 11.1 Å². The van der Waals surface area contributed by atoms with Crippen molar-refractivity contribution in [2.24, 2.45) is 0 Å². The molecule has 1 aromatic heterocycles. The molecule has 0 aliphatic rings. The molecule has 148 valence electrons. The average molecular weight is 390 g/mol. The lowest BCUT2D eigenvalue weighted by Gasteiger charge is -2.10. The van der Waals surface area contributed by atoms with Crippen LogP contribution in [-0.2, 0) is 4.79 Å². The number of nitrogens with one attached hydrogen (secondary N) is 1. The molecule has 0 atom stereocenters. The van der Waals surface area contributed by atoms with Crippen LogP contribution in [0.2, 0.25) is 0 Å². The van der Waals surface area contributed by atoms with E-state index in [1.54, 1.807) is 44.8 Å². The number of methoxy groups -OCH3 is 2. The van der Waals surface area contributed by atoms with Crippen LogP contribution < -0.4 is 19.5 Å². The van der Waals surface area contributed by atoms with Crippen molar-refractivity contribution >= 4 is 17.7 Å². The molecule has 6 nitrogen and oxygen atoms in total. The number of aromatic nitrogens is 1. The van der Waals surface area contributed by atoms with Gasteiger partial charge >= 0.3 is 0 Å². The van der Waals surface area contributed by atoms with Gasteiger partial charge in [-0.2, -0.15) is 0 Å². The van der Waals surface area contributed by atoms with Gasteiger partial charge in [0.25, 0.3) is 0 Å². The molecule has 0 aliphatic heterocycles. The van der Waals surface area contributed by atoms with E-state index in [0.717, 1.165) is 11.1 Å². The first-order chi connectivity index (χ1) is 14.1. The van der Waals surface area contributed by atoms with E-state index in [0.29, 0.717) is 28.7 Å². The summed E-state index contributed by atoms with van der Waals surface area (Å²) in [6.07, 6.45) is 6.49. The van der Waals surface area contributed by atoms with Crippen molar-refractivity contribution in [3.8, 4) is 23.0 Å². The summed E-state index contributed by atoms with van der Waals surface area (Å²) in [4.78, 5) is 16.3. The zero-order valence-electron chi connectivity index (χ0n) is 16.5. The van der Waals surface area contributed by atoms with Crippen LogP contribution in [0.3, 0.4) is 0 Å². The van der Waals surface area contributed by atoms with Crippen molar-refractivity contribution in [2.45, 2.75) is 6.92 Å². The number of hydrogen-bond donors (Lipinski definition) is 1. The fraction of sp³-hybridized carbons (Fsp3) is 0.130. The van der Waals surface area contributed by atoms with Crippen molar-refractivity contribution in [3.63, 3.8) is 0 Å². The summed E-state index contributed by atoms with van der Waals surface area (Å²) in [5, 5.41) is 2.84. The van der Waals surface area contributed by atoms with Gasteiger partial charge in [0.15, 0.2) is 0 Å². The van der Waals surface area contributed by atoms with Gasteiger partial charge in [-0.05, 0) is 61.0 Å². The molecule has 0 spiro atoms. The third-order valence-electron chi connectivity index (χ3n) is 4.16. The Labute approximate surface area is 169 Å². The van der Waals surface area contributed by atoms with Crippen molar-refractivity contribution in [3.05, 3.63) is 78.1 Å². The molecule has 1 amide bonds. The first-order valence-corrected chi connectivity index (χ1v) is 8.98. The average Bonchev–Trinajstić information content (AvgIpc) is 2.74. The second kappa shape index (κ2) is 9.41. The number of carbonyl (C=O) groups is 1. The second-order valence-electron chi connectivity index (χ2n) is 6.20. The topological polar surface area (TPSA) is 69.7 Å².